The van der Waals surface area contributed by atoms with Gasteiger partial charge in [-0.2, -0.15) is 0 Å². The monoisotopic (exact) mass is 423 g/mol. The summed E-state index contributed by atoms with van der Waals surface area (Å²) in [7, 11) is 1.60. The Morgan fingerprint density at radius 1 is 1.23 bits per heavy atom. The molecule has 0 radical (unpaired) electrons. The lowest BCUT2D eigenvalue weighted by atomic mass is 10.1. The Morgan fingerprint density at radius 3 is 2.84 bits per heavy atom. The fraction of sp³-hybridized carbons (Fsp3) is 0.333. The second kappa shape index (κ2) is 11.1. The molecule has 0 bridgehead atoms. The van der Waals surface area contributed by atoms with Crippen LogP contribution in [0.4, 0.5) is 0 Å². The van der Waals surface area contributed by atoms with Crippen LogP contribution in [0, 0.1) is 0 Å². The van der Waals surface area contributed by atoms with Gasteiger partial charge in [-0.1, -0.05) is 36.9 Å². The van der Waals surface area contributed by atoms with Gasteiger partial charge < -0.3 is 25.0 Å². The van der Waals surface area contributed by atoms with Crippen LogP contribution in [0.25, 0.3) is 5.70 Å². The number of ether oxygens (including phenoxy) is 2. The van der Waals surface area contributed by atoms with Gasteiger partial charge >= 0.3 is 0 Å². The van der Waals surface area contributed by atoms with Crippen LogP contribution >= 0.6 is 0 Å². The van der Waals surface area contributed by atoms with Crippen LogP contribution in [0.15, 0.2) is 55.1 Å². The van der Waals surface area contributed by atoms with Crippen LogP contribution in [0.2, 0.25) is 0 Å². The molecule has 0 unspecified atom stereocenters. The Morgan fingerprint density at radius 2 is 2.00 bits per heavy atom. The maximum absolute atomic E-state index is 12.7. The minimum absolute atomic E-state index is 0.0148. The summed E-state index contributed by atoms with van der Waals surface area (Å²) in [5.74, 6) is 1.12. The van der Waals surface area contributed by atoms with E-state index in [9.17, 15) is 9.59 Å². The molecule has 2 amide bonds. The predicted octanol–water partition coefficient (Wildman–Crippen LogP) is 2.57. The predicted molar refractivity (Wildman–Crippen MR) is 120 cm³/mol. The molecule has 1 heterocycles. The number of fused-ring (bicyclic) bond motifs is 1. The minimum atomic E-state index is -0.224. The summed E-state index contributed by atoms with van der Waals surface area (Å²) in [5.41, 5.74) is 2.55. The lowest BCUT2D eigenvalue weighted by molar-refractivity contribution is -0.136. The molecule has 0 saturated carbocycles. The van der Waals surface area contributed by atoms with Crippen molar-refractivity contribution < 1.29 is 19.1 Å². The van der Waals surface area contributed by atoms with Crippen molar-refractivity contribution in [1.82, 2.24) is 15.5 Å². The Hall–Kier alpha value is -3.48. The standard InChI is InChI=1S/C24H29N3O4/c1-18-20-9-4-6-11-22(20)31-15-14-27(24(29)12-7-13-25-18)17-23(28)26-16-19-8-3-5-10-21(19)30-2/h3-6,8-11,25H,1,7,12-17H2,2H3,(H,26,28). The van der Waals surface area contributed by atoms with Crippen molar-refractivity contribution >= 4 is 17.5 Å². The van der Waals surface area contributed by atoms with Gasteiger partial charge in [-0.25, -0.2) is 0 Å². The van der Waals surface area contributed by atoms with Crippen molar-refractivity contribution in [3.05, 3.63) is 66.2 Å². The zero-order valence-electron chi connectivity index (χ0n) is 17.9. The number of hydrogen-bond acceptors (Lipinski definition) is 5. The lowest BCUT2D eigenvalue weighted by Crippen LogP contribution is -2.42. The first-order valence-corrected chi connectivity index (χ1v) is 10.4. The largest absolute Gasteiger partial charge is 0.496 e. The minimum Gasteiger partial charge on any atom is -0.496 e. The molecule has 2 N–H and O–H groups in total. The molecular weight excluding hydrogens is 394 g/mol. The highest BCUT2D eigenvalue weighted by Gasteiger charge is 2.18. The third-order valence-corrected chi connectivity index (χ3v) is 5.09. The topological polar surface area (TPSA) is 79.9 Å². The fourth-order valence-corrected chi connectivity index (χ4v) is 3.40. The molecule has 1 aliphatic rings. The Bertz CT molecular complexity index is 929. The van der Waals surface area contributed by atoms with Crippen LogP contribution in [-0.4, -0.2) is 50.1 Å². The van der Waals surface area contributed by atoms with Crippen LogP contribution in [-0.2, 0) is 16.1 Å². The number of hydrogen-bond donors (Lipinski definition) is 2. The normalized spacial score (nSPS) is 14.9. The van der Waals surface area contributed by atoms with E-state index in [1.54, 1.807) is 12.0 Å². The van der Waals surface area contributed by atoms with E-state index in [0.717, 1.165) is 16.8 Å². The quantitative estimate of drug-likeness (QED) is 0.773. The van der Waals surface area contributed by atoms with Gasteiger partial charge in [0, 0.05) is 36.3 Å². The van der Waals surface area contributed by atoms with Crippen molar-refractivity contribution in [2.75, 3.05) is 33.4 Å². The Kier molecular flexibility index (Phi) is 7.92. The SMILES string of the molecule is C=C1NCCCC(=O)N(CC(=O)NCc2ccccc2OC)CCOc2ccccc21. The van der Waals surface area contributed by atoms with E-state index in [2.05, 4.69) is 17.2 Å². The van der Waals surface area contributed by atoms with Gasteiger partial charge in [0.1, 0.15) is 18.1 Å². The second-order valence-corrected chi connectivity index (χ2v) is 7.26. The van der Waals surface area contributed by atoms with Crippen LogP contribution in [0.5, 0.6) is 11.5 Å². The van der Waals surface area contributed by atoms with Gasteiger partial charge in [-0.15, -0.1) is 0 Å². The average molecular weight is 424 g/mol. The molecule has 0 atom stereocenters. The van der Waals surface area contributed by atoms with E-state index < -0.39 is 0 Å². The zero-order valence-corrected chi connectivity index (χ0v) is 17.9. The number of nitrogens with one attached hydrogen (secondary N) is 2. The molecular formula is C24H29N3O4. The van der Waals surface area contributed by atoms with E-state index in [1.165, 1.54) is 0 Å². The smallest absolute Gasteiger partial charge is 0.239 e. The number of methoxy groups -OCH3 is 1. The number of carbonyl (C=O) groups is 2. The molecule has 2 aromatic carbocycles. The molecule has 7 heteroatoms. The van der Waals surface area contributed by atoms with Gasteiger partial charge in [0.15, 0.2) is 0 Å². The van der Waals surface area contributed by atoms with E-state index in [-0.39, 0.29) is 25.0 Å². The van der Waals surface area contributed by atoms with Gasteiger partial charge in [-0.05, 0) is 24.6 Å². The molecule has 7 nitrogen and oxygen atoms in total. The summed E-state index contributed by atoms with van der Waals surface area (Å²) < 4.78 is 11.2. The molecule has 0 spiro atoms. The lowest BCUT2D eigenvalue weighted by Gasteiger charge is -2.24. The number of rotatable bonds is 5. The third-order valence-electron chi connectivity index (χ3n) is 5.09. The van der Waals surface area contributed by atoms with Crippen LogP contribution in [0.3, 0.4) is 0 Å². The first kappa shape index (κ1) is 22.2. The van der Waals surface area contributed by atoms with Gasteiger partial charge in [0.05, 0.1) is 20.2 Å². The number of nitrogens with zero attached hydrogens (tertiary/aromatic N) is 1. The van der Waals surface area contributed by atoms with Gasteiger partial charge in [0.2, 0.25) is 11.8 Å². The summed E-state index contributed by atoms with van der Waals surface area (Å²) in [6.45, 7) is 5.62. The van der Waals surface area contributed by atoms with E-state index in [4.69, 9.17) is 9.47 Å². The first-order chi connectivity index (χ1) is 15.1. The van der Waals surface area contributed by atoms with E-state index >= 15 is 0 Å². The van der Waals surface area contributed by atoms with Crippen molar-refractivity contribution in [2.24, 2.45) is 0 Å². The van der Waals surface area contributed by atoms with Crippen LogP contribution in [0.1, 0.15) is 24.0 Å². The molecule has 31 heavy (non-hydrogen) atoms. The van der Waals surface area contributed by atoms with E-state index in [1.807, 2.05) is 48.5 Å². The molecule has 2 aromatic rings. The zero-order chi connectivity index (χ0) is 22.1. The molecule has 164 valence electrons. The third kappa shape index (κ3) is 6.25. The summed E-state index contributed by atoms with van der Waals surface area (Å²) in [6, 6.07) is 15.2. The van der Waals surface area contributed by atoms with Crippen LogP contribution < -0.4 is 20.1 Å². The van der Waals surface area contributed by atoms with Gasteiger partial charge in [0.25, 0.3) is 0 Å². The molecule has 0 aromatic heterocycles. The first-order valence-electron chi connectivity index (χ1n) is 10.4. The fourth-order valence-electron chi connectivity index (χ4n) is 3.40. The molecule has 1 aliphatic heterocycles. The molecule has 0 fully saturated rings. The van der Waals surface area contributed by atoms with Crippen molar-refractivity contribution in [3.63, 3.8) is 0 Å². The average Bonchev–Trinajstić information content (AvgIpc) is 2.79. The second-order valence-electron chi connectivity index (χ2n) is 7.26. The highest BCUT2D eigenvalue weighted by atomic mass is 16.5. The van der Waals surface area contributed by atoms with Crippen molar-refractivity contribution in [3.8, 4) is 11.5 Å². The van der Waals surface area contributed by atoms with E-state index in [0.29, 0.717) is 44.0 Å². The Labute approximate surface area is 183 Å². The number of benzene rings is 2. The number of carbonyl (C=O) groups excluding carboxylic acids is 2. The van der Waals surface area contributed by atoms with Gasteiger partial charge in [-0.3, -0.25) is 9.59 Å². The maximum Gasteiger partial charge on any atom is 0.239 e. The highest BCUT2D eigenvalue weighted by Crippen LogP contribution is 2.23. The molecule has 0 aliphatic carbocycles. The Balaban J connectivity index is 1.62. The molecule has 3 rings (SSSR count). The molecule has 0 saturated heterocycles. The highest BCUT2D eigenvalue weighted by molar-refractivity contribution is 5.84. The maximum atomic E-state index is 12.7. The van der Waals surface area contributed by atoms with Crippen molar-refractivity contribution in [2.45, 2.75) is 19.4 Å². The number of para-hydroxylation sites is 2. The summed E-state index contributed by atoms with van der Waals surface area (Å²) in [6.07, 6.45) is 1.00. The van der Waals surface area contributed by atoms with Crippen molar-refractivity contribution in [1.29, 1.82) is 0 Å². The summed E-state index contributed by atoms with van der Waals surface area (Å²) in [4.78, 5) is 26.8. The number of amides is 2. The summed E-state index contributed by atoms with van der Waals surface area (Å²) >= 11 is 0. The summed E-state index contributed by atoms with van der Waals surface area (Å²) in [5, 5.41) is 6.12.